The maximum Gasteiger partial charge on any atom is 0.336 e. The quantitative estimate of drug-likeness (QED) is 0.749. The molecule has 0 bridgehead atoms. The van der Waals surface area contributed by atoms with E-state index in [4.69, 9.17) is 9.47 Å². The van der Waals surface area contributed by atoms with Crippen molar-refractivity contribution in [3.05, 3.63) is 88.5 Å². The highest BCUT2D eigenvalue weighted by Crippen LogP contribution is 2.46. The molecule has 6 heteroatoms. The first kappa shape index (κ1) is 20.8. The van der Waals surface area contributed by atoms with Crippen LogP contribution >= 0.6 is 0 Å². The van der Waals surface area contributed by atoms with E-state index in [1.54, 1.807) is 26.2 Å². The number of nitrogens with one attached hydrogen (secondary N) is 1. The molecule has 160 valence electrons. The number of fused-ring (bicyclic) bond motifs is 1. The van der Waals surface area contributed by atoms with Gasteiger partial charge >= 0.3 is 5.97 Å². The van der Waals surface area contributed by atoms with Gasteiger partial charge in [0, 0.05) is 29.7 Å². The van der Waals surface area contributed by atoms with Gasteiger partial charge in [-0.15, -0.1) is 0 Å². The van der Waals surface area contributed by atoms with E-state index in [2.05, 4.69) is 11.4 Å². The maximum absolute atomic E-state index is 13.6. The van der Waals surface area contributed by atoms with Gasteiger partial charge in [0.05, 0.1) is 25.7 Å². The van der Waals surface area contributed by atoms with Crippen molar-refractivity contribution >= 4 is 11.8 Å². The summed E-state index contributed by atoms with van der Waals surface area (Å²) >= 11 is 0. The molecule has 1 aliphatic carbocycles. The molecule has 1 heterocycles. The summed E-state index contributed by atoms with van der Waals surface area (Å²) < 4.78 is 23.8. The van der Waals surface area contributed by atoms with Gasteiger partial charge < -0.3 is 14.8 Å². The van der Waals surface area contributed by atoms with Gasteiger partial charge in [0.25, 0.3) is 0 Å². The fourth-order valence-electron chi connectivity index (χ4n) is 4.55. The SMILES string of the molecule is COC(=O)C1=C(C)NC2=CC(c3ccc(OC)cc3)CC(=O)C2C1c1ccc(F)cc1. The molecular weight excluding hydrogens is 397 g/mol. The lowest BCUT2D eigenvalue weighted by Gasteiger charge is -2.39. The van der Waals surface area contributed by atoms with Crippen LogP contribution < -0.4 is 10.1 Å². The van der Waals surface area contributed by atoms with Gasteiger partial charge in [-0.05, 0) is 42.3 Å². The van der Waals surface area contributed by atoms with Gasteiger partial charge in [-0.3, -0.25) is 4.79 Å². The van der Waals surface area contributed by atoms with Gasteiger partial charge in [-0.25, -0.2) is 9.18 Å². The van der Waals surface area contributed by atoms with Crippen LogP contribution in [0.25, 0.3) is 0 Å². The van der Waals surface area contributed by atoms with Crippen molar-refractivity contribution in [2.45, 2.75) is 25.2 Å². The maximum atomic E-state index is 13.6. The molecule has 2 aromatic carbocycles. The number of esters is 1. The molecule has 3 atom stereocenters. The average molecular weight is 421 g/mol. The van der Waals surface area contributed by atoms with E-state index in [-0.39, 0.29) is 17.5 Å². The van der Waals surface area contributed by atoms with E-state index in [9.17, 15) is 14.0 Å². The number of ether oxygens (including phenoxy) is 2. The monoisotopic (exact) mass is 421 g/mol. The molecule has 0 aromatic heterocycles. The highest BCUT2D eigenvalue weighted by molar-refractivity contribution is 5.96. The molecule has 3 unspecified atom stereocenters. The minimum atomic E-state index is -0.558. The number of hydrogen-bond acceptors (Lipinski definition) is 5. The third-order valence-electron chi connectivity index (χ3n) is 6.04. The first-order chi connectivity index (χ1) is 14.9. The average Bonchev–Trinajstić information content (AvgIpc) is 2.78. The Balaban J connectivity index is 1.79. The van der Waals surface area contributed by atoms with Crippen LogP contribution in [0.2, 0.25) is 0 Å². The highest BCUT2D eigenvalue weighted by atomic mass is 19.1. The van der Waals surface area contributed by atoms with Crippen LogP contribution in [-0.2, 0) is 14.3 Å². The van der Waals surface area contributed by atoms with Crippen molar-refractivity contribution < 1.29 is 23.5 Å². The van der Waals surface area contributed by atoms with Crippen LogP contribution in [0.4, 0.5) is 4.39 Å². The molecule has 4 rings (SSSR count). The van der Waals surface area contributed by atoms with Crippen LogP contribution in [-0.4, -0.2) is 26.0 Å². The van der Waals surface area contributed by atoms with Crippen LogP contribution in [0.3, 0.4) is 0 Å². The zero-order valence-corrected chi connectivity index (χ0v) is 17.6. The molecule has 0 fully saturated rings. The lowest BCUT2D eigenvalue weighted by atomic mass is 9.68. The van der Waals surface area contributed by atoms with Crippen LogP contribution in [0, 0.1) is 11.7 Å². The fourth-order valence-corrected chi connectivity index (χ4v) is 4.55. The number of benzene rings is 2. The van der Waals surface area contributed by atoms with Gasteiger partial charge in [-0.2, -0.15) is 0 Å². The van der Waals surface area contributed by atoms with Crippen molar-refractivity contribution in [1.82, 2.24) is 5.32 Å². The lowest BCUT2D eigenvalue weighted by molar-refractivity contribution is -0.136. The lowest BCUT2D eigenvalue weighted by Crippen LogP contribution is -2.41. The molecule has 31 heavy (non-hydrogen) atoms. The number of allylic oxidation sites excluding steroid dienone is 3. The third kappa shape index (κ3) is 3.85. The van der Waals surface area contributed by atoms with Gasteiger partial charge in [0.2, 0.25) is 0 Å². The van der Waals surface area contributed by atoms with Crippen molar-refractivity contribution in [1.29, 1.82) is 0 Å². The number of halogens is 1. The second kappa shape index (κ2) is 8.38. The largest absolute Gasteiger partial charge is 0.497 e. The Kier molecular flexibility index (Phi) is 5.63. The Hall–Kier alpha value is -3.41. The number of carbonyl (C=O) groups excluding carboxylic acids is 2. The Bertz CT molecular complexity index is 1070. The molecule has 0 amide bonds. The predicted molar refractivity (Wildman–Crippen MR) is 114 cm³/mol. The normalized spacial score (nSPS) is 22.9. The van der Waals surface area contributed by atoms with Crippen molar-refractivity contribution in [2.75, 3.05) is 14.2 Å². The fraction of sp³-hybridized carbons (Fsp3) is 0.280. The summed E-state index contributed by atoms with van der Waals surface area (Å²) in [5, 5.41) is 3.27. The van der Waals surface area contributed by atoms with Crippen molar-refractivity contribution in [3.8, 4) is 5.75 Å². The Morgan fingerprint density at radius 3 is 2.26 bits per heavy atom. The minimum absolute atomic E-state index is 0.0223. The van der Waals surface area contributed by atoms with E-state index in [1.165, 1.54) is 19.2 Å². The van der Waals surface area contributed by atoms with Crippen LogP contribution in [0.5, 0.6) is 5.75 Å². The van der Waals surface area contributed by atoms with E-state index in [1.807, 2.05) is 24.3 Å². The third-order valence-corrected chi connectivity index (χ3v) is 6.04. The number of ketones is 1. The highest BCUT2D eigenvalue weighted by Gasteiger charge is 2.44. The molecule has 2 aliphatic rings. The van der Waals surface area contributed by atoms with E-state index < -0.39 is 17.8 Å². The van der Waals surface area contributed by atoms with E-state index in [0.717, 1.165) is 17.0 Å². The van der Waals surface area contributed by atoms with Gasteiger partial charge in [-0.1, -0.05) is 30.3 Å². The topological polar surface area (TPSA) is 64.6 Å². The van der Waals surface area contributed by atoms with Gasteiger partial charge in [0.1, 0.15) is 17.3 Å². The molecular formula is C25H24FNO4. The summed E-state index contributed by atoms with van der Waals surface area (Å²) in [6.45, 7) is 1.79. The summed E-state index contributed by atoms with van der Waals surface area (Å²) in [4.78, 5) is 26.0. The summed E-state index contributed by atoms with van der Waals surface area (Å²) in [7, 11) is 2.93. The summed E-state index contributed by atoms with van der Waals surface area (Å²) in [6, 6.07) is 13.6. The first-order valence-corrected chi connectivity index (χ1v) is 10.1. The van der Waals surface area contributed by atoms with Gasteiger partial charge in [0.15, 0.2) is 0 Å². The summed E-state index contributed by atoms with van der Waals surface area (Å²) in [5.41, 5.74) is 3.51. The van der Waals surface area contributed by atoms with E-state index in [0.29, 0.717) is 23.3 Å². The first-order valence-electron chi connectivity index (χ1n) is 10.1. The predicted octanol–water partition coefficient (Wildman–Crippen LogP) is 4.22. The molecule has 5 nitrogen and oxygen atoms in total. The summed E-state index contributed by atoms with van der Waals surface area (Å²) in [6.07, 6.45) is 2.37. The second-order valence-electron chi connectivity index (χ2n) is 7.83. The smallest absolute Gasteiger partial charge is 0.336 e. The Morgan fingerprint density at radius 1 is 1.00 bits per heavy atom. The second-order valence-corrected chi connectivity index (χ2v) is 7.83. The summed E-state index contributed by atoms with van der Waals surface area (Å²) in [5.74, 6) is -1.27. The number of carbonyl (C=O) groups is 2. The zero-order chi connectivity index (χ0) is 22.1. The molecule has 0 saturated heterocycles. The number of methoxy groups -OCH3 is 2. The van der Waals surface area contributed by atoms with E-state index >= 15 is 0 Å². The molecule has 0 radical (unpaired) electrons. The molecule has 2 aromatic rings. The van der Waals surface area contributed by atoms with Crippen molar-refractivity contribution in [3.63, 3.8) is 0 Å². The molecule has 1 N–H and O–H groups in total. The standard InChI is InChI=1S/C25H24FNO4/c1-14-22(25(29)31-3)23(16-4-8-18(26)9-5-16)24-20(27-14)12-17(13-21(24)28)15-6-10-19(30-2)11-7-15/h4-12,17,23-24,27H,13H2,1-3H3. The van der Waals surface area contributed by atoms with Crippen molar-refractivity contribution in [2.24, 2.45) is 5.92 Å². The van der Waals surface area contributed by atoms with Crippen LogP contribution in [0.15, 0.2) is 71.6 Å². The zero-order valence-electron chi connectivity index (χ0n) is 17.6. The Labute approximate surface area is 180 Å². The molecule has 0 saturated carbocycles. The number of Topliss-reactive ketones (excluding diaryl/α,β-unsaturated/α-hetero) is 1. The number of hydrogen-bond donors (Lipinski definition) is 1. The Morgan fingerprint density at radius 2 is 1.65 bits per heavy atom. The molecule has 0 spiro atoms. The minimum Gasteiger partial charge on any atom is -0.497 e. The number of rotatable bonds is 4. The van der Waals surface area contributed by atoms with Crippen LogP contribution in [0.1, 0.15) is 36.3 Å². The molecule has 1 aliphatic heterocycles.